The van der Waals surface area contributed by atoms with E-state index in [0.717, 1.165) is 11.1 Å². The Morgan fingerprint density at radius 1 is 1.07 bits per heavy atom. The molecule has 1 N–H and O–H groups in total. The molecular formula is C21H21N3O3S. The SMILES string of the molecule is Cc1cccc(NS(=O)(=O)c2cccc(C(=O)N(C)Cc3cccnc3)c2)c1. The van der Waals surface area contributed by atoms with Crippen LogP contribution >= 0.6 is 0 Å². The molecule has 28 heavy (non-hydrogen) atoms. The maximum absolute atomic E-state index is 12.7. The first kappa shape index (κ1) is 19.6. The number of aryl methyl sites for hydroxylation is 1. The molecule has 144 valence electrons. The number of aromatic nitrogens is 1. The number of benzene rings is 2. The Balaban J connectivity index is 1.80. The third-order valence-corrected chi connectivity index (χ3v) is 5.53. The molecule has 0 atom stereocenters. The molecule has 3 rings (SSSR count). The number of carbonyl (C=O) groups excluding carboxylic acids is 1. The second kappa shape index (κ2) is 8.22. The Bertz CT molecular complexity index is 1080. The van der Waals surface area contributed by atoms with Gasteiger partial charge in [0, 0.05) is 37.2 Å². The first-order valence-electron chi connectivity index (χ1n) is 8.69. The molecule has 3 aromatic rings. The minimum Gasteiger partial charge on any atom is -0.337 e. The van der Waals surface area contributed by atoms with Crippen LogP contribution in [0.25, 0.3) is 0 Å². The van der Waals surface area contributed by atoms with Crippen molar-refractivity contribution in [3.05, 3.63) is 89.7 Å². The van der Waals surface area contributed by atoms with Crippen LogP contribution in [0.1, 0.15) is 21.5 Å². The van der Waals surface area contributed by atoms with Crippen LogP contribution in [0.4, 0.5) is 5.69 Å². The fraction of sp³-hybridized carbons (Fsp3) is 0.143. The fourth-order valence-electron chi connectivity index (χ4n) is 2.78. The van der Waals surface area contributed by atoms with E-state index in [4.69, 9.17) is 0 Å². The van der Waals surface area contributed by atoms with E-state index in [1.54, 1.807) is 55.8 Å². The van der Waals surface area contributed by atoms with E-state index >= 15 is 0 Å². The van der Waals surface area contributed by atoms with Gasteiger partial charge in [-0.2, -0.15) is 0 Å². The number of rotatable bonds is 6. The minimum atomic E-state index is -3.80. The number of pyridine rings is 1. The van der Waals surface area contributed by atoms with E-state index in [1.165, 1.54) is 17.0 Å². The van der Waals surface area contributed by atoms with Gasteiger partial charge in [0.2, 0.25) is 0 Å². The Hall–Kier alpha value is -3.19. The molecule has 2 aromatic carbocycles. The second-order valence-corrected chi connectivity index (χ2v) is 8.21. The highest BCUT2D eigenvalue weighted by atomic mass is 32.2. The van der Waals surface area contributed by atoms with Crippen molar-refractivity contribution in [1.29, 1.82) is 0 Å². The van der Waals surface area contributed by atoms with Gasteiger partial charge in [-0.05, 0) is 54.4 Å². The van der Waals surface area contributed by atoms with Crippen molar-refractivity contribution in [3.8, 4) is 0 Å². The second-order valence-electron chi connectivity index (χ2n) is 6.53. The number of hydrogen-bond donors (Lipinski definition) is 1. The summed E-state index contributed by atoms with van der Waals surface area (Å²) >= 11 is 0. The molecular weight excluding hydrogens is 374 g/mol. The van der Waals surface area contributed by atoms with Crippen molar-refractivity contribution in [2.24, 2.45) is 0 Å². The van der Waals surface area contributed by atoms with Crippen molar-refractivity contribution >= 4 is 21.6 Å². The number of carbonyl (C=O) groups is 1. The van der Waals surface area contributed by atoms with Gasteiger partial charge in [0.1, 0.15) is 0 Å². The van der Waals surface area contributed by atoms with Crippen molar-refractivity contribution < 1.29 is 13.2 Å². The molecule has 0 unspecified atom stereocenters. The summed E-state index contributed by atoms with van der Waals surface area (Å²) in [5.74, 6) is -0.267. The van der Waals surface area contributed by atoms with Crippen molar-refractivity contribution in [2.45, 2.75) is 18.4 Å². The third-order valence-electron chi connectivity index (χ3n) is 4.15. The Morgan fingerprint density at radius 3 is 2.57 bits per heavy atom. The summed E-state index contributed by atoms with van der Waals surface area (Å²) in [4.78, 5) is 18.3. The first-order chi connectivity index (χ1) is 13.3. The zero-order valence-corrected chi connectivity index (χ0v) is 16.5. The Morgan fingerprint density at radius 2 is 1.86 bits per heavy atom. The number of anilines is 1. The summed E-state index contributed by atoms with van der Waals surface area (Å²) in [5, 5.41) is 0. The lowest BCUT2D eigenvalue weighted by atomic mass is 10.2. The van der Waals surface area contributed by atoms with Crippen LogP contribution in [0.3, 0.4) is 0 Å². The molecule has 0 spiro atoms. The smallest absolute Gasteiger partial charge is 0.261 e. The maximum Gasteiger partial charge on any atom is 0.261 e. The average molecular weight is 395 g/mol. The highest BCUT2D eigenvalue weighted by molar-refractivity contribution is 7.92. The quantitative estimate of drug-likeness (QED) is 0.693. The van der Waals surface area contributed by atoms with Gasteiger partial charge < -0.3 is 4.90 Å². The van der Waals surface area contributed by atoms with Gasteiger partial charge in [-0.1, -0.05) is 24.3 Å². The van der Waals surface area contributed by atoms with Gasteiger partial charge in [0.25, 0.3) is 15.9 Å². The lowest BCUT2D eigenvalue weighted by Crippen LogP contribution is -2.26. The number of amides is 1. The summed E-state index contributed by atoms with van der Waals surface area (Å²) < 4.78 is 28.0. The lowest BCUT2D eigenvalue weighted by Gasteiger charge is -2.17. The summed E-state index contributed by atoms with van der Waals surface area (Å²) in [5.41, 5.74) is 2.62. The molecule has 1 amide bonds. The fourth-order valence-corrected chi connectivity index (χ4v) is 3.87. The predicted molar refractivity (Wildman–Crippen MR) is 108 cm³/mol. The van der Waals surface area contributed by atoms with E-state index in [0.29, 0.717) is 17.8 Å². The van der Waals surface area contributed by atoms with Crippen molar-refractivity contribution in [2.75, 3.05) is 11.8 Å². The van der Waals surface area contributed by atoms with Gasteiger partial charge in [-0.25, -0.2) is 8.42 Å². The molecule has 0 bridgehead atoms. The van der Waals surface area contributed by atoms with Gasteiger partial charge in [-0.3, -0.25) is 14.5 Å². The molecule has 0 saturated carbocycles. The van der Waals surface area contributed by atoms with Gasteiger partial charge in [0.15, 0.2) is 0 Å². The number of hydrogen-bond acceptors (Lipinski definition) is 4. The van der Waals surface area contributed by atoms with Crippen LogP contribution in [0.15, 0.2) is 78.0 Å². The molecule has 0 radical (unpaired) electrons. The van der Waals surface area contributed by atoms with Crippen LogP contribution in [0.5, 0.6) is 0 Å². The maximum atomic E-state index is 12.7. The monoisotopic (exact) mass is 395 g/mol. The first-order valence-corrected chi connectivity index (χ1v) is 10.2. The topological polar surface area (TPSA) is 79.4 Å². The van der Waals surface area contributed by atoms with Gasteiger partial charge in [0.05, 0.1) is 4.90 Å². The molecule has 0 aliphatic carbocycles. The van der Waals surface area contributed by atoms with Crippen molar-refractivity contribution in [1.82, 2.24) is 9.88 Å². The third kappa shape index (κ3) is 4.75. The van der Waals surface area contributed by atoms with E-state index in [1.807, 2.05) is 19.1 Å². The summed E-state index contributed by atoms with van der Waals surface area (Å²) in [7, 11) is -2.13. The standard InChI is InChI=1S/C21H21N3O3S/c1-16-6-3-9-19(12-16)23-28(26,27)20-10-4-8-18(13-20)21(25)24(2)15-17-7-5-11-22-14-17/h3-14,23H,15H2,1-2H3. The summed E-state index contributed by atoms with van der Waals surface area (Å²) in [6.45, 7) is 2.26. The molecule has 1 heterocycles. The highest BCUT2D eigenvalue weighted by Crippen LogP contribution is 2.19. The van der Waals surface area contributed by atoms with Crippen LogP contribution in [0.2, 0.25) is 0 Å². The van der Waals surface area contributed by atoms with Crippen LogP contribution in [-0.4, -0.2) is 31.3 Å². The van der Waals surface area contributed by atoms with E-state index in [2.05, 4.69) is 9.71 Å². The van der Waals surface area contributed by atoms with Gasteiger partial charge in [-0.15, -0.1) is 0 Å². The summed E-state index contributed by atoms with van der Waals surface area (Å²) in [6, 6.07) is 16.8. The highest BCUT2D eigenvalue weighted by Gasteiger charge is 2.18. The molecule has 1 aromatic heterocycles. The van der Waals surface area contributed by atoms with Crippen LogP contribution in [-0.2, 0) is 16.6 Å². The lowest BCUT2D eigenvalue weighted by molar-refractivity contribution is 0.0784. The number of sulfonamides is 1. The van der Waals surface area contributed by atoms with E-state index < -0.39 is 10.0 Å². The molecule has 0 saturated heterocycles. The molecule has 6 nitrogen and oxygen atoms in total. The Kier molecular flexibility index (Phi) is 5.75. The molecule has 7 heteroatoms. The average Bonchev–Trinajstić information content (AvgIpc) is 2.68. The van der Waals surface area contributed by atoms with Crippen molar-refractivity contribution in [3.63, 3.8) is 0 Å². The number of nitrogens with zero attached hydrogens (tertiary/aromatic N) is 2. The molecule has 0 aliphatic rings. The largest absolute Gasteiger partial charge is 0.337 e. The number of nitrogens with one attached hydrogen (secondary N) is 1. The van der Waals surface area contributed by atoms with Gasteiger partial charge >= 0.3 is 0 Å². The predicted octanol–water partition coefficient (Wildman–Crippen LogP) is 3.46. The van der Waals surface area contributed by atoms with E-state index in [-0.39, 0.29) is 10.8 Å². The zero-order chi connectivity index (χ0) is 20.1. The zero-order valence-electron chi connectivity index (χ0n) is 15.7. The molecule has 0 aliphatic heterocycles. The van der Waals surface area contributed by atoms with E-state index in [9.17, 15) is 13.2 Å². The van der Waals surface area contributed by atoms with Crippen LogP contribution < -0.4 is 4.72 Å². The summed E-state index contributed by atoms with van der Waals surface area (Å²) in [6.07, 6.45) is 3.36. The minimum absolute atomic E-state index is 0.0367. The molecule has 0 fully saturated rings. The normalized spacial score (nSPS) is 11.1. The van der Waals surface area contributed by atoms with Crippen LogP contribution in [0, 0.1) is 6.92 Å². The Labute approximate surface area is 164 Å².